The van der Waals surface area contributed by atoms with Gasteiger partial charge in [0.25, 0.3) is 5.91 Å². The van der Waals surface area contributed by atoms with Crippen molar-refractivity contribution in [3.05, 3.63) is 42.1 Å². The summed E-state index contributed by atoms with van der Waals surface area (Å²) in [7, 11) is 0. The van der Waals surface area contributed by atoms with Crippen LogP contribution in [0.2, 0.25) is 0 Å². The number of fused-ring (bicyclic) bond motifs is 1. The molecule has 0 radical (unpaired) electrons. The summed E-state index contributed by atoms with van der Waals surface area (Å²) in [5.74, 6) is 0.412. The van der Waals surface area contributed by atoms with Gasteiger partial charge < -0.3 is 10.6 Å². The van der Waals surface area contributed by atoms with Gasteiger partial charge in [-0.25, -0.2) is 0 Å². The third-order valence-corrected chi connectivity index (χ3v) is 3.84. The molecule has 3 rings (SSSR count). The van der Waals surface area contributed by atoms with E-state index in [1.54, 1.807) is 12.3 Å². The second kappa shape index (κ2) is 4.63. The normalized spacial score (nSPS) is 22.9. The monoisotopic (exact) mass is 255 g/mol. The number of pyridine rings is 1. The Balaban J connectivity index is 1.98. The quantitative estimate of drug-likeness (QED) is 0.843. The van der Waals surface area contributed by atoms with Gasteiger partial charge in [-0.05, 0) is 18.1 Å². The highest BCUT2D eigenvalue weighted by atomic mass is 16.2. The first kappa shape index (κ1) is 12.1. The molecule has 4 nitrogen and oxygen atoms in total. The van der Waals surface area contributed by atoms with E-state index in [0.29, 0.717) is 18.0 Å². The van der Waals surface area contributed by atoms with E-state index < -0.39 is 0 Å². The zero-order chi connectivity index (χ0) is 13.4. The number of likely N-dealkylation sites (tertiary alicyclic amines) is 1. The molecule has 2 unspecified atom stereocenters. The molecule has 0 bridgehead atoms. The van der Waals surface area contributed by atoms with Crippen molar-refractivity contribution in [1.82, 2.24) is 9.88 Å². The molecule has 1 saturated heterocycles. The molecule has 1 amide bonds. The van der Waals surface area contributed by atoms with Crippen LogP contribution in [-0.4, -0.2) is 34.9 Å². The number of para-hydroxylation sites is 1. The highest BCUT2D eigenvalue weighted by Gasteiger charge is 2.30. The number of nitrogens with two attached hydrogens (primary N) is 1. The van der Waals surface area contributed by atoms with Crippen LogP contribution in [0.25, 0.3) is 10.9 Å². The van der Waals surface area contributed by atoms with Crippen LogP contribution in [0, 0.1) is 5.92 Å². The molecule has 1 aromatic heterocycles. The number of hydrogen-bond acceptors (Lipinski definition) is 3. The van der Waals surface area contributed by atoms with Gasteiger partial charge in [0.2, 0.25) is 0 Å². The molecule has 0 saturated carbocycles. The van der Waals surface area contributed by atoms with Gasteiger partial charge >= 0.3 is 0 Å². The van der Waals surface area contributed by atoms with Crippen LogP contribution in [0.4, 0.5) is 0 Å². The number of hydrogen-bond donors (Lipinski definition) is 1. The third kappa shape index (κ3) is 2.08. The second-order valence-corrected chi connectivity index (χ2v) is 5.23. The summed E-state index contributed by atoms with van der Waals surface area (Å²) < 4.78 is 0. The Morgan fingerprint density at radius 1 is 1.32 bits per heavy atom. The molecule has 1 aliphatic rings. The summed E-state index contributed by atoms with van der Waals surface area (Å²) in [6.45, 7) is 3.45. The summed E-state index contributed by atoms with van der Waals surface area (Å²) in [6.07, 6.45) is 1.69. The predicted octanol–water partition coefficient (Wildman–Crippen LogP) is 1.65. The Hall–Kier alpha value is -1.94. The van der Waals surface area contributed by atoms with Crippen LogP contribution in [0.1, 0.15) is 17.3 Å². The van der Waals surface area contributed by atoms with Gasteiger partial charge in [0.15, 0.2) is 0 Å². The summed E-state index contributed by atoms with van der Waals surface area (Å²) in [4.78, 5) is 18.7. The molecule has 2 heterocycles. The van der Waals surface area contributed by atoms with E-state index in [0.717, 1.165) is 17.4 Å². The molecule has 1 aliphatic heterocycles. The summed E-state index contributed by atoms with van der Waals surface area (Å²) in [5, 5.41) is 0.906. The minimum absolute atomic E-state index is 0.0541. The highest BCUT2D eigenvalue weighted by molar-refractivity contribution is 6.06. The first-order valence-corrected chi connectivity index (χ1v) is 6.55. The van der Waals surface area contributed by atoms with E-state index in [2.05, 4.69) is 11.9 Å². The van der Waals surface area contributed by atoms with E-state index in [4.69, 9.17) is 5.73 Å². The SMILES string of the molecule is CC1CN(C(=O)c2ccnc3ccccc23)CC1N. The van der Waals surface area contributed by atoms with Crippen molar-refractivity contribution in [2.45, 2.75) is 13.0 Å². The Kier molecular flexibility index (Phi) is 2.95. The minimum atomic E-state index is 0.0541. The number of aromatic nitrogens is 1. The molecule has 2 atom stereocenters. The number of carbonyl (C=O) groups is 1. The topological polar surface area (TPSA) is 59.2 Å². The molecule has 19 heavy (non-hydrogen) atoms. The summed E-state index contributed by atoms with van der Waals surface area (Å²) in [6, 6.07) is 9.59. The van der Waals surface area contributed by atoms with Crippen molar-refractivity contribution in [2.24, 2.45) is 11.7 Å². The lowest BCUT2D eigenvalue weighted by Crippen LogP contribution is -2.32. The Labute approximate surface area is 112 Å². The van der Waals surface area contributed by atoms with Crippen LogP contribution in [0.5, 0.6) is 0 Å². The van der Waals surface area contributed by atoms with Crippen molar-refractivity contribution in [3.8, 4) is 0 Å². The van der Waals surface area contributed by atoms with E-state index in [1.807, 2.05) is 29.2 Å². The molecule has 2 aromatic rings. The molecular weight excluding hydrogens is 238 g/mol. The standard InChI is InChI=1S/C15H17N3O/c1-10-8-18(9-13(10)16)15(19)12-6-7-17-14-5-3-2-4-11(12)14/h2-7,10,13H,8-9,16H2,1H3. The van der Waals surface area contributed by atoms with Gasteiger partial charge in [-0.2, -0.15) is 0 Å². The lowest BCUT2D eigenvalue weighted by atomic mass is 10.1. The molecule has 98 valence electrons. The zero-order valence-corrected chi connectivity index (χ0v) is 10.9. The van der Waals surface area contributed by atoms with Gasteiger partial charge in [-0.15, -0.1) is 0 Å². The average Bonchev–Trinajstić information content (AvgIpc) is 2.77. The fraction of sp³-hybridized carbons (Fsp3) is 0.333. The van der Waals surface area contributed by atoms with Crippen molar-refractivity contribution in [3.63, 3.8) is 0 Å². The number of nitrogens with zero attached hydrogens (tertiary/aromatic N) is 2. The van der Waals surface area contributed by atoms with Gasteiger partial charge in [0, 0.05) is 30.7 Å². The molecule has 1 aromatic carbocycles. The van der Waals surface area contributed by atoms with Crippen LogP contribution >= 0.6 is 0 Å². The zero-order valence-electron chi connectivity index (χ0n) is 10.9. The Morgan fingerprint density at radius 3 is 2.84 bits per heavy atom. The molecule has 0 aliphatic carbocycles. The average molecular weight is 255 g/mol. The van der Waals surface area contributed by atoms with Gasteiger partial charge in [-0.1, -0.05) is 25.1 Å². The summed E-state index contributed by atoms with van der Waals surface area (Å²) >= 11 is 0. The number of benzene rings is 1. The lowest BCUT2D eigenvalue weighted by Gasteiger charge is -2.17. The van der Waals surface area contributed by atoms with Crippen LogP contribution in [-0.2, 0) is 0 Å². The first-order valence-electron chi connectivity index (χ1n) is 6.55. The van der Waals surface area contributed by atoms with Crippen molar-refractivity contribution in [2.75, 3.05) is 13.1 Å². The second-order valence-electron chi connectivity index (χ2n) is 5.23. The highest BCUT2D eigenvalue weighted by Crippen LogP contribution is 2.21. The maximum absolute atomic E-state index is 12.6. The molecule has 0 spiro atoms. The Bertz CT molecular complexity index is 610. The maximum atomic E-state index is 12.6. The maximum Gasteiger partial charge on any atom is 0.254 e. The van der Waals surface area contributed by atoms with Crippen molar-refractivity contribution in [1.29, 1.82) is 0 Å². The lowest BCUT2D eigenvalue weighted by molar-refractivity contribution is 0.0788. The first-order chi connectivity index (χ1) is 9.16. The molecular formula is C15H17N3O. The number of rotatable bonds is 1. The fourth-order valence-corrected chi connectivity index (χ4v) is 2.61. The van der Waals surface area contributed by atoms with E-state index in [-0.39, 0.29) is 11.9 Å². The third-order valence-electron chi connectivity index (χ3n) is 3.84. The fourth-order valence-electron chi connectivity index (χ4n) is 2.61. The smallest absolute Gasteiger partial charge is 0.254 e. The van der Waals surface area contributed by atoms with Gasteiger partial charge in [0.1, 0.15) is 0 Å². The summed E-state index contributed by atoms with van der Waals surface area (Å²) in [5.41, 5.74) is 7.56. The minimum Gasteiger partial charge on any atom is -0.337 e. The van der Waals surface area contributed by atoms with Crippen molar-refractivity contribution < 1.29 is 4.79 Å². The van der Waals surface area contributed by atoms with Gasteiger partial charge in [-0.3, -0.25) is 9.78 Å². The van der Waals surface area contributed by atoms with Crippen molar-refractivity contribution >= 4 is 16.8 Å². The molecule has 2 N–H and O–H groups in total. The number of carbonyl (C=O) groups excluding carboxylic acids is 1. The van der Waals surface area contributed by atoms with E-state index >= 15 is 0 Å². The molecule has 4 heteroatoms. The van der Waals surface area contributed by atoms with E-state index in [1.165, 1.54) is 0 Å². The van der Waals surface area contributed by atoms with E-state index in [9.17, 15) is 4.79 Å². The molecule has 1 fully saturated rings. The number of amides is 1. The Morgan fingerprint density at radius 2 is 2.11 bits per heavy atom. The van der Waals surface area contributed by atoms with Crippen LogP contribution < -0.4 is 5.73 Å². The van der Waals surface area contributed by atoms with Crippen LogP contribution in [0.15, 0.2) is 36.5 Å². The van der Waals surface area contributed by atoms with Crippen LogP contribution in [0.3, 0.4) is 0 Å². The van der Waals surface area contributed by atoms with Gasteiger partial charge in [0.05, 0.1) is 11.1 Å². The largest absolute Gasteiger partial charge is 0.337 e. The predicted molar refractivity (Wildman–Crippen MR) is 74.8 cm³/mol.